The molecule has 3 heterocycles. The molecule has 1 aliphatic rings. The van der Waals surface area contributed by atoms with E-state index in [4.69, 9.17) is 5.14 Å². The second kappa shape index (κ2) is 6.91. The van der Waals surface area contributed by atoms with Gasteiger partial charge in [0.1, 0.15) is 6.07 Å². The summed E-state index contributed by atoms with van der Waals surface area (Å²) in [6, 6.07) is 8.11. The zero-order valence-electron chi connectivity index (χ0n) is 13.4. The fraction of sp³-hybridized carbons (Fsp3) is 0.438. The first-order chi connectivity index (χ1) is 11.5. The summed E-state index contributed by atoms with van der Waals surface area (Å²) in [4.78, 5) is 2.27. The predicted molar refractivity (Wildman–Crippen MR) is 91.2 cm³/mol. The van der Waals surface area contributed by atoms with Crippen molar-refractivity contribution in [1.82, 2.24) is 14.0 Å². The number of rotatable bonds is 5. The van der Waals surface area contributed by atoms with Gasteiger partial charge in [-0.1, -0.05) is 6.07 Å². The minimum absolute atomic E-state index is 0.236. The number of nitrogens with zero attached hydrogens (tertiary/aromatic N) is 3. The molecule has 24 heavy (non-hydrogen) atoms. The number of likely N-dealkylation sites (tertiary alicyclic amines) is 1. The van der Waals surface area contributed by atoms with Gasteiger partial charge in [-0.3, -0.25) is 4.90 Å². The maximum absolute atomic E-state index is 11.0. The number of nitrogens with one attached hydrogen (secondary N) is 1. The maximum atomic E-state index is 11.0. The van der Waals surface area contributed by atoms with E-state index < -0.39 is 10.2 Å². The highest BCUT2D eigenvalue weighted by atomic mass is 32.2. The van der Waals surface area contributed by atoms with E-state index in [-0.39, 0.29) is 5.92 Å². The van der Waals surface area contributed by atoms with Crippen LogP contribution in [0.25, 0.3) is 5.52 Å². The van der Waals surface area contributed by atoms with E-state index in [1.54, 1.807) is 0 Å². The number of nitrogens with two attached hydrogens (primary N) is 1. The lowest BCUT2D eigenvalue weighted by molar-refractivity contribution is 0.169. The highest BCUT2D eigenvalue weighted by Crippen LogP contribution is 2.23. The molecule has 0 bridgehead atoms. The molecule has 2 aromatic heterocycles. The highest BCUT2D eigenvalue weighted by molar-refractivity contribution is 7.87. The summed E-state index contributed by atoms with van der Waals surface area (Å²) >= 11 is 0. The third kappa shape index (κ3) is 3.94. The summed E-state index contributed by atoms with van der Waals surface area (Å²) in [7, 11) is -3.64. The van der Waals surface area contributed by atoms with Crippen molar-refractivity contribution in [2.24, 2.45) is 11.1 Å². The molecule has 0 radical (unpaired) electrons. The van der Waals surface area contributed by atoms with Gasteiger partial charge in [-0.05, 0) is 37.4 Å². The van der Waals surface area contributed by atoms with E-state index in [9.17, 15) is 13.7 Å². The first kappa shape index (κ1) is 16.9. The lowest BCUT2D eigenvalue weighted by Gasteiger charge is -2.32. The highest BCUT2D eigenvalue weighted by Gasteiger charge is 2.22. The first-order valence-electron chi connectivity index (χ1n) is 7.94. The van der Waals surface area contributed by atoms with Crippen LogP contribution < -0.4 is 9.86 Å². The Balaban J connectivity index is 1.71. The second-order valence-corrected chi connectivity index (χ2v) is 7.65. The van der Waals surface area contributed by atoms with Gasteiger partial charge in [0.15, 0.2) is 0 Å². The zero-order valence-corrected chi connectivity index (χ0v) is 14.2. The van der Waals surface area contributed by atoms with Crippen molar-refractivity contribution in [3.63, 3.8) is 0 Å². The topological polar surface area (TPSA) is 104 Å². The van der Waals surface area contributed by atoms with Crippen molar-refractivity contribution >= 4 is 15.7 Å². The molecule has 3 N–H and O–H groups in total. The molecule has 0 aliphatic carbocycles. The van der Waals surface area contributed by atoms with Crippen LogP contribution >= 0.6 is 0 Å². The summed E-state index contributed by atoms with van der Waals surface area (Å²) in [5.41, 5.74) is 2.63. The van der Waals surface area contributed by atoms with E-state index in [2.05, 4.69) is 15.7 Å². The molecule has 1 atom stereocenters. The van der Waals surface area contributed by atoms with Crippen LogP contribution in [0.15, 0.2) is 30.6 Å². The smallest absolute Gasteiger partial charge is 0.274 e. The molecule has 0 spiro atoms. The van der Waals surface area contributed by atoms with Crippen LogP contribution in [0.1, 0.15) is 24.0 Å². The second-order valence-electron chi connectivity index (χ2n) is 6.27. The molecule has 0 saturated carbocycles. The molecule has 1 fully saturated rings. The minimum atomic E-state index is -3.64. The number of fused-ring (bicyclic) bond motifs is 1. The monoisotopic (exact) mass is 347 g/mol. The van der Waals surface area contributed by atoms with E-state index >= 15 is 0 Å². The average Bonchev–Trinajstić information content (AvgIpc) is 2.89. The summed E-state index contributed by atoms with van der Waals surface area (Å²) in [5.74, 6) is 0.236. The van der Waals surface area contributed by atoms with E-state index in [1.165, 1.54) is 0 Å². The molecule has 8 heteroatoms. The van der Waals surface area contributed by atoms with Crippen LogP contribution in [0.3, 0.4) is 0 Å². The Labute approximate surface area is 141 Å². The van der Waals surface area contributed by atoms with Gasteiger partial charge in [0.2, 0.25) is 0 Å². The number of piperidine rings is 1. The predicted octanol–water partition coefficient (Wildman–Crippen LogP) is 0.816. The van der Waals surface area contributed by atoms with Gasteiger partial charge in [-0.25, -0.2) is 9.86 Å². The lowest BCUT2D eigenvalue weighted by atomic mass is 9.98. The molecule has 128 valence electrons. The standard InChI is InChI=1S/C16H21N5O2S/c17-8-15-14(12-21-7-2-1-5-16(15)21)11-20-6-3-4-13(10-20)9-19-24(18,22)23/h1-2,5,7,12-13,19H,3-4,6,9-11H2,(H2,18,22,23). The Morgan fingerprint density at radius 2 is 2.25 bits per heavy atom. The van der Waals surface area contributed by atoms with Crippen LogP contribution in [-0.4, -0.2) is 37.4 Å². The van der Waals surface area contributed by atoms with Crippen molar-refractivity contribution in [3.05, 3.63) is 41.7 Å². The molecular weight excluding hydrogens is 326 g/mol. The fourth-order valence-electron chi connectivity index (χ4n) is 3.36. The van der Waals surface area contributed by atoms with Crippen LogP contribution in [0.4, 0.5) is 0 Å². The minimum Gasteiger partial charge on any atom is -0.322 e. The first-order valence-corrected chi connectivity index (χ1v) is 9.49. The van der Waals surface area contributed by atoms with E-state index in [0.29, 0.717) is 18.7 Å². The van der Waals surface area contributed by atoms with Crippen LogP contribution in [-0.2, 0) is 16.8 Å². The van der Waals surface area contributed by atoms with Crippen LogP contribution in [0.2, 0.25) is 0 Å². The number of nitriles is 1. The van der Waals surface area contributed by atoms with Crippen LogP contribution in [0, 0.1) is 17.2 Å². The zero-order chi connectivity index (χ0) is 17.2. The van der Waals surface area contributed by atoms with Crippen molar-refractivity contribution in [2.45, 2.75) is 19.4 Å². The van der Waals surface area contributed by atoms with E-state index in [0.717, 1.165) is 37.0 Å². The fourth-order valence-corrected chi connectivity index (χ4v) is 3.83. The van der Waals surface area contributed by atoms with E-state index in [1.807, 2.05) is 35.0 Å². The van der Waals surface area contributed by atoms with Gasteiger partial charge >= 0.3 is 0 Å². The molecule has 0 amide bonds. The Hall–Kier alpha value is -1.92. The lowest BCUT2D eigenvalue weighted by Crippen LogP contribution is -2.42. The Morgan fingerprint density at radius 1 is 1.42 bits per heavy atom. The molecule has 1 unspecified atom stereocenters. The quantitative estimate of drug-likeness (QED) is 0.835. The van der Waals surface area contributed by atoms with Gasteiger partial charge in [0.25, 0.3) is 10.2 Å². The third-order valence-electron chi connectivity index (χ3n) is 4.44. The van der Waals surface area contributed by atoms with Gasteiger partial charge < -0.3 is 4.40 Å². The average molecular weight is 347 g/mol. The van der Waals surface area contributed by atoms with Crippen molar-refractivity contribution < 1.29 is 8.42 Å². The number of pyridine rings is 1. The number of hydrogen-bond donors (Lipinski definition) is 2. The molecule has 2 aromatic rings. The van der Waals surface area contributed by atoms with Crippen molar-refractivity contribution in [1.29, 1.82) is 5.26 Å². The van der Waals surface area contributed by atoms with Gasteiger partial charge in [0.05, 0.1) is 11.1 Å². The van der Waals surface area contributed by atoms with Gasteiger partial charge in [-0.15, -0.1) is 0 Å². The van der Waals surface area contributed by atoms with Gasteiger partial charge in [0, 0.05) is 37.6 Å². The van der Waals surface area contributed by atoms with Crippen molar-refractivity contribution in [2.75, 3.05) is 19.6 Å². The Kier molecular flexibility index (Phi) is 4.87. The summed E-state index contributed by atoms with van der Waals surface area (Å²) in [5, 5.41) is 14.5. The largest absolute Gasteiger partial charge is 0.322 e. The summed E-state index contributed by atoms with van der Waals surface area (Å²) in [6.45, 7) is 2.79. The number of aromatic nitrogens is 1. The summed E-state index contributed by atoms with van der Waals surface area (Å²) < 4.78 is 26.4. The molecule has 3 rings (SSSR count). The molecule has 1 aliphatic heterocycles. The normalized spacial score (nSPS) is 19.4. The third-order valence-corrected chi connectivity index (χ3v) is 5.01. The molecule has 7 nitrogen and oxygen atoms in total. The number of hydrogen-bond acceptors (Lipinski definition) is 4. The van der Waals surface area contributed by atoms with Crippen molar-refractivity contribution in [3.8, 4) is 6.07 Å². The van der Waals surface area contributed by atoms with Gasteiger partial charge in [-0.2, -0.15) is 13.7 Å². The molecular formula is C16H21N5O2S. The Bertz CT molecular complexity index is 868. The maximum Gasteiger partial charge on any atom is 0.274 e. The Morgan fingerprint density at radius 3 is 3.00 bits per heavy atom. The SMILES string of the molecule is N#Cc1c(CN2CCCC(CNS(N)(=O)=O)C2)cn2ccccc12. The summed E-state index contributed by atoms with van der Waals surface area (Å²) in [6.07, 6.45) is 5.92. The van der Waals surface area contributed by atoms with Crippen LogP contribution in [0.5, 0.6) is 0 Å². The molecule has 1 saturated heterocycles. The molecule has 0 aromatic carbocycles.